The van der Waals surface area contributed by atoms with Crippen LogP contribution in [-0.4, -0.2) is 38.0 Å². The molecular weight excluding hydrogens is 396 g/mol. The molecule has 0 saturated carbocycles. The fourth-order valence-electron chi connectivity index (χ4n) is 3.80. The van der Waals surface area contributed by atoms with E-state index in [1.54, 1.807) is 29.2 Å². The number of carbonyl (C=O) groups excluding carboxylic acids is 3. The summed E-state index contributed by atoms with van der Waals surface area (Å²) in [5.41, 5.74) is 3.62. The Morgan fingerprint density at radius 3 is 2.42 bits per heavy atom. The van der Waals surface area contributed by atoms with Crippen molar-refractivity contribution in [3.8, 4) is 5.75 Å². The normalized spacial score (nSPS) is 15.6. The van der Waals surface area contributed by atoms with Crippen molar-refractivity contribution in [1.29, 1.82) is 0 Å². The zero-order valence-electron chi connectivity index (χ0n) is 18.1. The number of ether oxygens (including phenoxy) is 2. The zero-order valence-corrected chi connectivity index (χ0v) is 18.1. The molecule has 7 nitrogen and oxygen atoms in total. The first-order chi connectivity index (χ1) is 15.0. The lowest BCUT2D eigenvalue weighted by atomic mass is 10.0. The number of benzene rings is 2. The van der Waals surface area contributed by atoms with Crippen LogP contribution in [0.4, 0.5) is 11.4 Å². The molecule has 7 heteroatoms. The molecule has 2 aromatic rings. The summed E-state index contributed by atoms with van der Waals surface area (Å²) in [5, 5.41) is 2.66. The smallest absolute Gasteiger partial charge is 0.311 e. The lowest BCUT2D eigenvalue weighted by Crippen LogP contribution is -2.29. The average molecular weight is 424 g/mol. The quantitative estimate of drug-likeness (QED) is 0.657. The standard InChI is InChI=1S/C24H28N2O5/c1-4-16-8-6-9-17(5-2)23(16)26-14-18(12-22(26)28)24(29)31-15-21(27)25-19-10-7-11-20(13-19)30-3/h6-11,13,18H,4-5,12,14-15H2,1-3H3,(H,25,27)/t18-/m0/s1. The highest BCUT2D eigenvalue weighted by Gasteiger charge is 2.37. The number of esters is 1. The highest BCUT2D eigenvalue weighted by atomic mass is 16.5. The first kappa shape index (κ1) is 22.3. The van der Waals surface area contributed by atoms with Gasteiger partial charge in [0.25, 0.3) is 5.91 Å². The summed E-state index contributed by atoms with van der Waals surface area (Å²) in [4.78, 5) is 39.1. The summed E-state index contributed by atoms with van der Waals surface area (Å²) in [7, 11) is 1.54. The number of amides is 2. The van der Waals surface area contributed by atoms with E-state index >= 15 is 0 Å². The maximum absolute atomic E-state index is 12.7. The molecule has 0 unspecified atom stereocenters. The Balaban J connectivity index is 1.60. The fraction of sp³-hybridized carbons (Fsp3) is 0.375. The van der Waals surface area contributed by atoms with Crippen LogP contribution in [0.1, 0.15) is 31.4 Å². The van der Waals surface area contributed by atoms with E-state index in [4.69, 9.17) is 9.47 Å². The third-order valence-electron chi connectivity index (χ3n) is 5.39. The minimum absolute atomic E-state index is 0.0809. The van der Waals surface area contributed by atoms with Crippen molar-refractivity contribution in [2.75, 3.05) is 30.5 Å². The molecule has 1 heterocycles. The van der Waals surface area contributed by atoms with Crippen LogP contribution >= 0.6 is 0 Å². The molecule has 1 N–H and O–H groups in total. The summed E-state index contributed by atoms with van der Waals surface area (Å²) in [6.07, 6.45) is 1.68. The molecule has 3 rings (SSSR count). The number of anilines is 2. The number of hydrogen-bond donors (Lipinski definition) is 1. The van der Waals surface area contributed by atoms with E-state index in [2.05, 4.69) is 5.32 Å². The van der Waals surface area contributed by atoms with Gasteiger partial charge in [-0.2, -0.15) is 0 Å². The SMILES string of the molecule is CCc1cccc(CC)c1N1C[C@@H](C(=O)OCC(=O)Nc2cccc(OC)c2)CC1=O. The van der Waals surface area contributed by atoms with Gasteiger partial charge in [-0.1, -0.05) is 38.1 Å². The zero-order chi connectivity index (χ0) is 22.4. The summed E-state index contributed by atoms with van der Waals surface area (Å²) in [6, 6.07) is 12.9. The largest absolute Gasteiger partial charge is 0.497 e. The van der Waals surface area contributed by atoms with Gasteiger partial charge in [0.15, 0.2) is 6.61 Å². The summed E-state index contributed by atoms with van der Waals surface area (Å²) in [5.74, 6) is -1.07. The molecule has 1 aliphatic rings. The Hall–Kier alpha value is -3.35. The van der Waals surface area contributed by atoms with E-state index in [0.29, 0.717) is 11.4 Å². The molecule has 0 radical (unpaired) electrons. The molecule has 0 aliphatic carbocycles. The van der Waals surface area contributed by atoms with Crippen molar-refractivity contribution in [1.82, 2.24) is 0 Å². The van der Waals surface area contributed by atoms with E-state index in [9.17, 15) is 14.4 Å². The van der Waals surface area contributed by atoms with Gasteiger partial charge in [0.2, 0.25) is 5.91 Å². The van der Waals surface area contributed by atoms with Crippen molar-refractivity contribution in [3.63, 3.8) is 0 Å². The second-order valence-electron chi connectivity index (χ2n) is 7.43. The van der Waals surface area contributed by atoms with Gasteiger partial charge < -0.3 is 19.7 Å². The van der Waals surface area contributed by atoms with Gasteiger partial charge in [0.05, 0.1) is 13.0 Å². The van der Waals surface area contributed by atoms with Crippen LogP contribution in [0, 0.1) is 5.92 Å². The Morgan fingerprint density at radius 2 is 1.77 bits per heavy atom. The maximum Gasteiger partial charge on any atom is 0.311 e. The second kappa shape index (κ2) is 10.1. The van der Waals surface area contributed by atoms with Crippen LogP contribution in [0.3, 0.4) is 0 Å². The maximum atomic E-state index is 12.7. The predicted octanol–water partition coefficient (Wildman–Crippen LogP) is 3.35. The van der Waals surface area contributed by atoms with E-state index < -0.39 is 24.4 Å². The molecule has 1 aliphatic heterocycles. The molecule has 2 amide bonds. The number of carbonyl (C=O) groups is 3. The van der Waals surface area contributed by atoms with E-state index in [0.717, 1.165) is 29.7 Å². The molecule has 0 bridgehead atoms. The van der Waals surface area contributed by atoms with Crippen molar-refractivity contribution in [2.24, 2.45) is 5.92 Å². The monoisotopic (exact) mass is 424 g/mol. The van der Waals surface area contributed by atoms with Crippen LogP contribution in [0.2, 0.25) is 0 Å². The van der Waals surface area contributed by atoms with Gasteiger partial charge in [0.1, 0.15) is 5.75 Å². The van der Waals surface area contributed by atoms with Gasteiger partial charge in [-0.3, -0.25) is 14.4 Å². The lowest BCUT2D eigenvalue weighted by Gasteiger charge is -2.23. The number of para-hydroxylation sites is 1. The molecule has 31 heavy (non-hydrogen) atoms. The van der Waals surface area contributed by atoms with E-state index in [-0.39, 0.29) is 18.9 Å². The molecule has 164 valence electrons. The van der Waals surface area contributed by atoms with E-state index in [1.807, 2.05) is 32.0 Å². The number of aryl methyl sites for hydroxylation is 2. The summed E-state index contributed by atoms with van der Waals surface area (Å²) >= 11 is 0. The van der Waals surface area contributed by atoms with Crippen molar-refractivity contribution in [3.05, 3.63) is 53.6 Å². The van der Waals surface area contributed by atoms with Crippen LogP contribution in [0.15, 0.2) is 42.5 Å². The van der Waals surface area contributed by atoms with Crippen LogP contribution in [-0.2, 0) is 32.0 Å². The molecule has 2 aromatic carbocycles. The topological polar surface area (TPSA) is 84.9 Å². The Morgan fingerprint density at radius 1 is 1.10 bits per heavy atom. The number of nitrogens with one attached hydrogen (secondary N) is 1. The van der Waals surface area contributed by atoms with Crippen molar-refractivity contribution in [2.45, 2.75) is 33.1 Å². The number of methoxy groups -OCH3 is 1. The Kier molecular flexibility index (Phi) is 7.28. The van der Waals surface area contributed by atoms with Gasteiger partial charge in [-0.05, 0) is 36.1 Å². The molecule has 1 saturated heterocycles. The second-order valence-corrected chi connectivity index (χ2v) is 7.43. The molecular formula is C24H28N2O5. The minimum atomic E-state index is -0.591. The van der Waals surface area contributed by atoms with Gasteiger partial charge in [-0.25, -0.2) is 0 Å². The average Bonchev–Trinajstić information content (AvgIpc) is 3.18. The van der Waals surface area contributed by atoms with Crippen LogP contribution in [0.5, 0.6) is 5.75 Å². The third-order valence-corrected chi connectivity index (χ3v) is 5.39. The van der Waals surface area contributed by atoms with Gasteiger partial charge in [0, 0.05) is 30.4 Å². The number of rotatable bonds is 8. The molecule has 1 fully saturated rings. The third kappa shape index (κ3) is 5.23. The molecule has 1 atom stereocenters. The van der Waals surface area contributed by atoms with Crippen molar-refractivity contribution < 1.29 is 23.9 Å². The lowest BCUT2D eigenvalue weighted by molar-refractivity contribution is -0.151. The number of hydrogen-bond acceptors (Lipinski definition) is 5. The van der Waals surface area contributed by atoms with Crippen LogP contribution in [0.25, 0.3) is 0 Å². The number of nitrogens with zero attached hydrogens (tertiary/aromatic N) is 1. The first-order valence-corrected chi connectivity index (χ1v) is 10.5. The first-order valence-electron chi connectivity index (χ1n) is 10.5. The van der Waals surface area contributed by atoms with Gasteiger partial charge >= 0.3 is 5.97 Å². The fourth-order valence-corrected chi connectivity index (χ4v) is 3.80. The summed E-state index contributed by atoms with van der Waals surface area (Å²) < 4.78 is 10.3. The Bertz CT molecular complexity index is 950. The van der Waals surface area contributed by atoms with Crippen molar-refractivity contribution >= 4 is 29.2 Å². The Labute approximate surface area is 182 Å². The highest BCUT2D eigenvalue weighted by Crippen LogP contribution is 2.32. The van der Waals surface area contributed by atoms with Crippen LogP contribution < -0.4 is 15.0 Å². The van der Waals surface area contributed by atoms with E-state index in [1.165, 1.54) is 7.11 Å². The molecule has 0 spiro atoms. The summed E-state index contributed by atoms with van der Waals surface area (Å²) in [6.45, 7) is 3.95. The predicted molar refractivity (Wildman–Crippen MR) is 118 cm³/mol. The minimum Gasteiger partial charge on any atom is -0.497 e. The highest BCUT2D eigenvalue weighted by molar-refractivity contribution is 6.01. The van der Waals surface area contributed by atoms with Gasteiger partial charge in [-0.15, -0.1) is 0 Å². The molecule has 0 aromatic heterocycles.